The van der Waals surface area contributed by atoms with E-state index in [0.717, 1.165) is 11.1 Å². The molecule has 2 rings (SSSR count). The van der Waals surface area contributed by atoms with Crippen molar-refractivity contribution in [2.24, 2.45) is 0 Å². The summed E-state index contributed by atoms with van der Waals surface area (Å²) in [7, 11) is 0. The molecular weight excluding hydrogens is 222 g/mol. The van der Waals surface area contributed by atoms with Gasteiger partial charge in [-0.15, -0.1) is 0 Å². The number of pyridine rings is 2. The third kappa shape index (κ3) is 2.84. The SMILES string of the molecule is Cc1cncc(Cc2cnccc2C(F)F)c1. The first-order valence-electron chi connectivity index (χ1n) is 5.28. The average molecular weight is 234 g/mol. The summed E-state index contributed by atoms with van der Waals surface area (Å²) < 4.78 is 25.5. The van der Waals surface area contributed by atoms with Crippen LogP contribution in [0.4, 0.5) is 8.78 Å². The highest BCUT2D eigenvalue weighted by Gasteiger charge is 2.12. The summed E-state index contributed by atoms with van der Waals surface area (Å²) in [5, 5.41) is 0. The molecule has 88 valence electrons. The predicted octanol–water partition coefficient (Wildman–Crippen LogP) is 3.31. The molecule has 0 radical (unpaired) electrons. The molecule has 0 bridgehead atoms. The van der Waals surface area contributed by atoms with Crippen LogP contribution in [0, 0.1) is 6.92 Å². The second-order valence-corrected chi connectivity index (χ2v) is 3.92. The molecule has 0 aliphatic rings. The smallest absolute Gasteiger partial charge is 0.264 e. The molecule has 0 amide bonds. The van der Waals surface area contributed by atoms with Crippen molar-refractivity contribution in [3.63, 3.8) is 0 Å². The van der Waals surface area contributed by atoms with Crippen LogP contribution < -0.4 is 0 Å². The van der Waals surface area contributed by atoms with Crippen LogP contribution in [0.1, 0.15) is 28.7 Å². The number of aryl methyl sites for hydroxylation is 1. The maximum absolute atomic E-state index is 12.8. The lowest BCUT2D eigenvalue weighted by Crippen LogP contribution is -1.98. The van der Waals surface area contributed by atoms with E-state index in [4.69, 9.17) is 0 Å². The molecule has 4 heteroatoms. The zero-order valence-electron chi connectivity index (χ0n) is 9.40. The topological polar surface area (TPSA) is 25.8 Å². The van der Waals surface area contributed by atoms with Crippen molar-refractivity contribution < 1.29 is 8.78 Å². The van der Waals surface area contributed by atoms with Crippen molar-refractivity contribution in [3.8, 4) is 0 Å². The molecule has 2 aromatic heterocycles. The predicted molar refractivity (Wildman–Crippen MR) is 61.0 cm³/mol. The molecule has 2 heterocycles. The Labute approximate surface area is 98.4 Å². The van der Waals surface area contributed by atoms with Crippen molar-refractivity contribution in [2.75, 3.05) is 0 Å². The minimum atomic E-state index is -2.47. The van der Waals surface area contributed by atoms with E-state index < -0.39 is 6.43 Å². The van der Waals surface area contributed by atoms with Crippen molar-refractivity contribution in [1.82, 2.24) is 9.97 Å². The number of hydrogen-bond donors (Lipinski definition) is 0. The van der Waals surface area contributed by atoms with Gasteiger partial charge in [-0.1, -0.05) is 6.07 Å². The first-order chi connectivity index (χ1) is 8.16. The Balaban J connectivity index is 2.30. The van der Waals surface area contributed by atoms with Crippen molar-refractivity contribution in [2.45, 2.75) is 19.8 Å². The number of halogens is 2. The zero-order chi connectivity index (χ0) is 12.3. The Hall–Kier alpha value is -1.84. The van der Waals surface area contributed by atoms with Gasteiger partial charge in [-0.3, -0.25) is 9.97 Å². The van der Waals surface area contributed by atoms with E-state index in [9.17, 15) is 8.78 Å². The molecule has 2 aromatic rings. The van der Waals surface area contributed by atoms with Gasteiger partial charge in [-0.05, 0) is 29.7 Å². The van der Waals surface area contributed by atoms with Crippen LogP contribution >= 0.6 is 0 Å². The number of aromatic nitrogens is 2. The van der Waals surface area contributed by atoms with Crippen LogP contribution in [0.3, 0.4) is 0 Å². The molecule has 2 nitrogen and oxygen atoms in total. The average Bonchev–Trinajstić information content (AvgIpc) is 2.29. The maximum atomic E-state index is 12.8. The lowest BCUT2D eigenvalue weighted by molar-refractivity contribution is 0.150. The Morgan fingerprint density at radius 2 is 2.00 bits per heavy atom. The zero-order valence-corrected chi connectivity index (χ0v) is 9.40. The fourth-order valence-electron chi connectivity index (χ4n) is 1.73. The van der Waals surface area contributed by atoms with Crippen molar-refractivity contribution in [3.05, 3.63) is 59.2 Å². The fraction of sp³-hybridized carbons (Fsp3) is 0.231. The first-order valence-corrected chi connectivity index (χ1v) is 5.28. The van der Waals surface area contributed by atoms with Gasteiger partial charge in [0, 0.05) is 36.8 Å². The van der Waals surface area contributed by atoms with Gasteiger partial charge in [-0.25, -0.2) is 8.78 Å². The van der Waals surface area contributed by atoms with Gasteiger partial charge >= 0.3 is 0 Å². The van der Waals surface area contributed by atoms with E-state index in [1.807, 2.05) is 13.0 Å². The molecule has 0 saturated carbocycles. The monoisotopic (exact) mass is 234 g/mol. The third-order valence-corrected chi connectivity index (χ3v) is 2.50. The lowest BCUT2D eigenvalue weighted by atomic mass is 10.0. The van der Waals surface area contributed by atoms with E-state index >= 15 is 0 Å². The lowest BCUT2D eigenvalue weighted by Gasteiger charge is -2.08. The molecule has 0 fully saturated rings. The molecule has 0 aliphatic heterocycles. The van der Waals surface area contributed by atoms with Crippen molar-refractivity contribution in [1.29, 1.82) is 0 Å². The van der Waals surface area contributed by atoms with Crippen LogP contribution in [0.5, 0.6) is 0 Å². The van der Waals surface area contributed by atoms with Crippen molar-refractivity contribution >= 4 is 0 Å². The van der Waals surface area contributed by atoms with Crippen LogP contribution in [0.15, 0.2) is 36.9 Å². The first kappa shape index (κ1) is 11.6. The highest BCUT2D eigenvalue weighted by molar-refractivity contribution is 5.31. The summed E-state index contributed by atoms with van der Waals surface area (Å²) in [6.07, 6.45) is 4.27. The summed E-state index contributed by atoms with van der Waals surface area (Å²) in [4.78, 5) is 7.94. The number of hydrogen-bond acceptors (Lipinski definition) is 2. The molecular formula is C13H12F2N2. The van der Waals surface area contributed by atoms with Gasteiger partial charge in [0.05, 0.1) is 0 Å². The standard InChI is InChI=1S/C13H12F2N2/c1-9-4-10(7-17-6-9)5-11-8-16-3-2-12(11)13(14)15/h2-4,6-8,13H,5H2,1H3. The highest BCUT2D eigenvalue weighted by Crippen LogP contribution is 2.23. The maximum Gasteiger partial charge on any atom is 0.264 e. The van der Waals surface area contributed by atoms with Gasteiger partial charge in [0.2, 0.25) is 0 Å². The molecule has 0 unspecified atom stereocenters. The number of nitrogens with zero attached hydrogens (tertiary/aromatic N) is 2. The van der Waals surface area contributed by atoms with E-state index in [2.05, 4.69) is 9.97 Å². The van der Waals surface area contributed by atoms with Gasteiger partial charge in [-0.2, -0.15) is 0 Å². The minimum absolute atomic E-state index is 0.0431. The van der Waals surface area contributed by atoms with Gasteiger partial charge in [0.1, 0.15) is 0 Å². The van der Waals surface area contributed by atoms with Crippen LogP contribution in [-0.2, 0) is 6.42 Å². The van der Waals surface area contributed by atoms with E-state index in [-0.39, 0.29) is 5.56 Å². The summed E-state index contributed by atoms with van der Waals surface area (Å²) in [6.45, 7) is 1.92. The number of alkyl halides is 2. The Morgan fingerprint density at radius 3 is 2.71 bits per heavy atom. The largest absolute Gasteiger partial charge is 0.264 e. The molecule has 17 heavy (non-hydrogen) atoms. The molecule has 0 aromatic carbocycles. The van der Waals surface area contributed by atoms with Gasteiger partial charge in [0.25, 0.3) is 6.43 Å². The van der Waals surface area contributed by atoms with Crippen LogP contribution in [0.2, 0.25) is 0 Å². The third-order valence-electron chi connectivity index (χ3n) is 2.50. The molecule has 0 spiro atoms. The van der Waals surface area contributed by atoms with E-state index in [1.165, 1.54) is 18.5 Å². The minimum Gasteiger partial charge on any atom is -0.264 e. The van der Waals surface area contributed by atoms with Crippen LogP contribution in [0.25, 0.3) is 0 Å². The Morgan fingerprint density at radius 1 is 1.18 bits per heavy atom. The molecule has 0 atom stereocenters. The molecule has 0 N–H and O–H groups in total. The van der Waals surface area contributed by atoms with E-state index in [1.54, 1.807) is 12.4 Å². The summed E-state index contributed by atoms with van der Waals surface area (Å²) in [5.41, 5.74) is 2.53. The second kappa shape index (κ2) is 4.99. The second-order valence-electron chi connectivity index (χ2n) is 3.92. The van der Waals surface area contributed by atoms with E-state index in [0.29, 0.717) is 12.0 Å². The quantitative estimate of drug-likeness (QED) is 0.814. The number of rotatable bonds is 3. The molecule has 0 saturated heterocycles. The van der Waals surface area contributed by atoms with Gasteiger partial charge in [0.15, 0.2) is 0 Å². The fourth-order valence-corrected chi connectivity index (χ4v) is 1.73. The Bertz CT molecular complexity index is 512. The summed E-state index contributed by atoms with van der Waals surface area (Å²) in [5.74, 6) is 0. The van der Waals surface area contributed by atoms with Crippen LogP contribution in [-0.4, -0.2) is 9.97 Å². The summed E-state index contributed by atoms with van der Waals surface area (Å²) in [6, 6.07) is 3.30. The van der Waals surface area contributed by atoms with Gasteiger partial charge < -0.3 is 0 Å². The normalized spacial score (nSPS) is 10.8. The Kier molecular flexibility index (Phi) is 3.42. The summed E-state index contributed by atoms with van der Waals surface area (Å²) >= 11 is 0. The molecule has 0 aliphatic carbocycles. The highest BCUT2D eigenvalue weighted by atomic mass is 19.3.